The molecule has 1 N–H and O–H groups in total. The smallest absolute Gasteiger partial charge is 0.339 e. The molecule has 0 unspecified atom stereocenters. The summed E-state index contributed by atoms with van der Waals surface area (Å²) in [5.41, 5.74) is 1.08. The van der Waals surface area contributed by atoms with Gasteiger partial charge >= 0.3 is 5.97 Å². The quantitative estimate of drug-likeness (QED) is 0.656. The van der Waals surface area contributed by atoms with E-state index in [1.807, 2.05) is 24.3 Å². The number of anilines is 4. The van der Waals surface area contributed by atoms with Crippen LogP contribution in [-0.4, -0.2) is 59.2 Å². The van der Waals surface area contributed by atoms with E-state index in [-0.39, 0.29) is 0 Å². The monoisotopic (exact) mass is 391 g/mol. The van der Waals surface area contributed by atoms with Crippen molar-refractivity contribution in [1.29, 1.82) is 0 Å². The summed E-state index contributed by atoms with van der Waals surface area (Å²) in [7, 11) is 1.36. The zero-order valence-corrected chi connectivity index (χ0v) is 16.0. The molecule has 1 saturated heterocycles. The van der Waals surface area contributed by atoms with Crippen LogP contribution in [0.5, 0.6) is 0 Å². The van der Waals surface area contributed by atoms with E-state index in [9.17, 15) is 4.79 Å². The van der Waals surface area contributed by atoms with Crippen LogP contribution in [0, 0.1) is 0 Å². The van der Waals surface area contributed by atoms with Crippen molar-refractivity contribution >= 4 is 29.2 Å². The number of methoxy groups -OCH3 is 1. The van der Waals surface area contributed by atoms with Gasteiger partial charge in [0, 0.05) is 44.6 Å². The molecule has 0 radical (unpaired) electrons. The van der Waals surface area contributed by atoms with Crippen LogP contribution in [0.2, 0.25) is 0 Å². The molecule has 1 aliphatic rings. The Kier molecular flexibility index (Phi) is 5.46. The van der Waals surface area contributed by atoms with E-state index in [0.29, 0.717) is 17.1 Å². The molecular weight excluding hydrogens is 370 g/mol. The molecule has 9 heteroatoms. The summed E-state index contributed by atoms with van der Waals surface area (Å²) in [5, 5.41) is 3.19. The maximum absolute atomic E-state index is 12.0. The third kappa shape index (κ3) is 4.23. The highest BCUT2D eigenvalue weighted by Crippen LogP contribution is 2.23. The number of piperazine rings is 1. The lowest BCUT2D eigenvalue weighted by molar-refractivity contribution is 0.0602. The number of ether oxygens (including phenoxy) is 1. The zero-order chi connectivity index (χ0) is 20.1. The fourth-order valence-electron chi connectivity index (χ4n) is 3.20. The average molecular weight is 391 g/mol. The first-order valence-electron chi connectivity index (χ1n) is 9.28. The van der Waals surface area contributed by atoms with E-state index >= 15 is 0 Å². The van der Waals surface area contributed by atoms with Crippen LogP contribution in [0.1, 0.15) is 10.4 Å². The minimum absolute atomic E-state index is 0.401. The van der Waals surface area contributed by atoms with Crippen LogP contribution < -0.4 is 15.1 Å². The maximum Gasteiger partial charge on any atom is 0.339 e. The van der Waals surface area contributed by atoms with Gasteiger partial charge in [-0.3, -0.25) is 0 Å². The summed E-state index contributed by atoms with van der Waals surface area (Å²) < 4.78 is 4.85. The van der Waals surface area contributed by atoms with E-state index in [4.69, 9.17) is 4.74 Å². The molecule has 3 heterocycles. The molecule has 0 bridgehead atoms. The van der Waals surface area contributed by atoms with Crippen molar-refractivity contribution in [2.24, 2.45) is 0 Å². The Labute approximate surface area is 168 Å². The molecule has 0 spiro atoms. The summed E-state index contributed by atoms with van der Waals surface area (Å²) in [6, 6.07) is 10.9. The van der Waals surface area contributed by atoms with E-state index in [1.165, 1.54) is 13.4 Å². The van der Waals surface area contributed by atoms with Crippen LogP contribution in [0.25, 0.3) is 0 Å². The minimum atomic E-state index is -0.401. The molecule has 0 saturated carbocycles. The Morgan fingerprint density at radius 1 is 0.966 bits per heavy atom. The fraction of sp³-hybridized carbons (Fsp3) is 0.250. The highest BCUT2D eigenvalue weighted by atomic mass is 16.5. The second kappa shape index (κ2) is 8.51. The zero-order valence-electron chi connectivity index (χ0n) is 16.0. The number of rotatable bonds is 5. The van der Waals surface area contributed by atoms with Gasteiger partial charge < -0.3 is 19.9 Å². The van der Waals surface area contributed by atoms with Crippen molar-refractivity contribution in [2.45, 2.75) is 0 Å². The van der Waals surface area contributed by atoms with Crippen molar-refractivity contribution in [1.82, 2.24) is 19.9 Å². The third-order valence-corrected chi connectivity index (χ3v) is 4.69. The molecule has 1 aromatic carbocycles. The predicted molar refractivity (Wildman–Crippen MR) is 110 cm³/mol. The molecule has 0 aliphatic carbocycles. The number of nitrogens with zero attached hydrogens (tertiary/aromatic N) is 6. The summed E-state index contributed by atoms with van der Waals surface area (Å²) in [6.07, 6.45) is 5.03. The van der Waals surface area contributed by atoms with Crippen molar-refractivity contribution in [3.8, 4) is 0 Å². The number of nitrogens with one attached hydrogen (secondary N) is 1. The van der Waals surface area contributed by atoms with Gasteiger partial charge in [-0.1, -0.05) is 12.1 Å². The van der Waals surface area contributed by atoms with Crippen molar-refractivity contribution < 1.29 is 9.53 Å². The number of carbonyl (C=O) groups excluding carboxylic acids is 1. The van der Waals surface area contributed by atoms with Gasteiger partial charge in [-0.05, 0) is 18.2 Å². The molecule has 1 aliphatic heterocycles. The summed E-state index contributed by atoms with van der Waals surface area (Å²) in [6.45, 7) is 3.21. The lowest BCUT2D eigenvalue weighted by Gasteiger charge is -2.35. The van der Waals surface area contributed by atoms with E-state index in [0.717, 1.165) is 37.9 Å². The van der Waals surface area contributed by atoms with Gasteiger partial charge in [0.25, 0.3) is 0 Å². The number of aromatic nitrogens is 4. The van der Waals surface area contributed by atoms with Gasteiger partial charge in [-0.15, -0.1) is 0 Å². The molecule has 1 fully saturated rings. The van der Waals surface area contributed by atoms with Crippen LogP contribution in [0.3, 0.4) is 0 Å². The molecular formula is C20H21N7O2. The first kappa shape index (κ1) is 18.6. The highest BCUT2D eigenvalue weighted by Gasteiger charge is 2.20. The van der Waals surface area contributed by atoms with E-state index in [1.54, 1.807) is 24.5 Å². The van der Waals surface area contributed by atoms with Gasteiger partial charge in [0.2, 0.25) is 5.95 Å². The normalized spacial score (nSPS) is 13.8. The summed E-state index contributed by atoms with van der Waals surface area (Å²) >= 11 is 0. The van der Waals surface area contributed by atoms with E-state index in [2.05, 4.69) is 35.1 Å². The molecule has 0 amide bonds. The predicted octanol–water partition coefficient (Wildman–Crippen LogP) is 2.12. The second-order valence-electron chi connectivity index (χ2n) is 6.45. The summed E-state index contributed by atoms with van der Waals surface area (Å²) in [5.74, 6) is 1.78. The molecule has 0 atom stereocenters. The van der Waals surface area contributed by atoms with Crippen LogP contribution >= 0.6 is 0 Å². The minimum Gasteiger partial charge on any atom is -0.465 e. The number of benzene rings is 1. The van der Waals surface area contributed by atoms with Crippen molar-refractivity contribution in [3.05, 3.63) is 60.7 Å². The van der Waals surface area contributed by atoms with Crippen LogP contribution in [0.15, 0.2) is 55.1 Å². The Morgan fingerprint density at radius 2 is 1.69 bits per heavy atom. The Morgan fingerprint density at radius 3 is 2.45 bits per heavy atom. The Balaban J connectivity index is 1.46. The standard InChI is InChI=1S/C20H21N7O2/c1-29-19(28)15-5-2-3-6-16(15)25-17-13-18(24-14-23-17)26-9-11-27(12-10-26)20-21-7-4-8-22-20/h2-8,13-14H,9-12H2,1H3,(H,23,24,25). The molecule has 4 rings (SSSR count). The largest absolute Gasteiger partial charge is 0.465 e. The van der Waals surface area contributed by atoms with Gasteiger partial charge in [-0.2, -0.15) is 0 Å². The van der Waals surface area contributed by atoms with Crippen LogP contribution in [0.4, 0.5) is 23.3 Å². The summed E-state index contributed by atoms with van der Waals surface area (Å²) in [4.78, 5) is 33.6. The highest BCUT2D eigenvalue weighted by molar-refractivity contribution is 5.96. The molecule has 148 valence electrons. The van der Waals surface area contributed by atoms with Gasteiger partial charge in [0.05, 0.1) is 18.4 Å². The molecule has 2 aromatic heterocycles. The first-order chi connectivity index (χ1) is 14.2. The van der Waals surface area contributed by atoms with Crippen molar-refractivity contribution in [3.63, 3.8) is 0 Å². The lowest BCUT2D eigenvalue weighted by atomic mass is 10.2. The first-order valence-corrected chi connectivity index (χ1v) is 9.28. The Bertz CT molecular complexity index is 975. The lowest BCUT2D eigenvalue weighted by Crippen LogP contribution is -2.47. The Hall–Kier alpha value is -3.75. The number of carbonyl (C=O) groups is 1. The van der Waals surface area contributed by atoms with Gasteiger partial charge in [-0.25, -0.2) is 24.7 Å². The number of hydrogen-bond donors (Lipinski definition) is 1. The number of hydrogen-bond acceptors (Lipinski definition) is 9. The van der Waals surface area contributed by atoms with E-state index < -0.39 is 5.97 Å². The number of para-hydroxylation sites is 1. The average Bonchev–Trinajstić information content (AvgIpc) is 2.80. The fourth-order valence-corrected chi connectivity index (χ4v) is 3.20. The maximum atomic E-state index is 12.0. The van der Waals surface area contributed by atoms with Crippen LogP contribution in [-0.2, 0) is 4.74 Å². The third-order valence-electron chi connectivity index (χ3n) is 4.69. The van der Waals surface area contributed by atoms with Gasteiger partial charge in [0.15, 0.2) is 0 Å². The molecule has 9 nitrogen and oxygen atoms in total. The number of esters is 1. The molecule has 3 aromatic rings. The second-order valence-corrected chi connectivity index (χ2v) is 6.45. The van der Waals surface area contributed by atoms with Crippen molar-refractivity contribution in [2.75, 3.05) is 48.4 Å². The SMILES string of the molecule is COC(=O)c1ccccc1Nc1cc(N2CCN(c3ncccn3)CC2)ncn1. The van der Waals surface area contributed by atoms with Gasteiger partial charge in [0.1, 0.15) is 18.0 Å². The topological polar surface area (TPSA) is 96.4 Å². The molecule has 29 heavy (non-hydrogen) atoms.